The Morgan fingerprint density at radius 2 is 1.71 bits per heavy atom. The van der Waals surface area contributed by atoms with Gasteiger partial charge in [-0.2, -0.15) is 14.1 Å². The summed E-state index contributed by atoms with van der Waals surface area (Å²) in [6.45, 7) is 4.95. The van der Waals surface area contributed by atoms with Crippen molar-refractivity contribution in [3.8, 4) is 11.4 Å². The zero-order valence-electron chi connectivity index (χ0n) is 20.4. The molecule has 1 aromatic heterocycles. The minimum absolute atomic E-state index is 0.106. The van der Waals surface area contributed by atoms with Crippen LogP contribution < -0.4 is 15.2 Å². The maximum Gasteiger partial charge on any atom is 0.316 e. The van der Waals surface area contributed by atoms with E-state index in [4.69, 9.17) is 21.1 Å². The normalized spacial score (nSPS) is 21.9. The fraction of sp³-hybridized carbons (Fsp3) is 0.583. The van der Waals surface area contributed by atoms with Crippen LogP contribution in [0.5, 0.6) is 5.75 Å². The highest BCUT2D eigenvalue weighted by Gasteiger charge is 2.32. The van der Waals surface area contributed by atoms with Crippen LogP contribution in [0.3, 0.4) is 0 Å². The maximum absolute atomic E-state index is 13.6. The smallest absolute Gasteiger partial charge is 0.316 e. The zero-order valence-corrected chi connectivity index (χ0v) is 22.0. The van der Waals surface area contributed by atoms with Gasteiger partial charge in [-0.05, 0) is 57.7 Å². The lowest BCUT2D eigenvalue weighted by atomic mass is 9.95. The highest BCUT2D eigenvalue weighted by Crippen LogP contribution is 2.31. The first kappa shape index (κ1) is 25.9. The van der Waals surface area contributed by atoms with Gasteiger partial charge in [0.25, 0.3) is 0 Å². The summed E-state index contributed by atoms with van der Waals surface area (Å²) in [5.41, 5.74) is 0.773. The monoisotopic (exact) mass is 524 g/mol. The number of benzene rings is 1. The van der Waals surface area contributed by atoms with E-state index in [1.54, 1.807) is 51.4 Å². The fourth-order valence-electron chi connectivity index (χ4n) is 4.59. The minimum atomic E-state index is -3.33. The number of methoxy groups -OCH3 is 1. The van der Waals surface area contributed by atoms with Crippen molar-refractivity contribution in [3.63, 3.8) is 0 Å². The molecule has 0 radical (unpaired) electrons. The van der Waals surface area contributed by atoms with E-state index < -0.39 is 15.3 Å². The molecule has 11 heteroatoms. The Bertz CT molecular complexity index is 1190. The van der Waals surface area contributed by atoms with Gasteiger partial charge in [0, 0.05) is 38.3 Å². The van der Waals surface area contributed by atoms with Crippen LogP contribution in [-0.4, -0.2) is 73.3 Å². The second-order valence-electron chi connectivity index (χ2n) is 9.29. The van der Waals surface area contributed by atoms with Gasteiger partial charge >= 0.3 is 5.56 Å². The van der Waals surface area contributed by atoms with E-state index in [1.807, 2.05) is 4.90 Å². The first-order valence-electron chi connectivity index (χ1n) is 12.0. The van der Waals surface area contributed by atoms with Crippen LogP contribution in [0, 0.1) is 0 Å². The Labute approximate surface area is 211 Å². The number of hydrogen-bond donors (Lipinski definition) is 0. The Balaban J connectivity index is 1.64. The van der Waals surface area contributed by atoms with Crippen molar-refractivity contribution in [3.05, 3.63) is 45.8 Å². The molecule has 0 unspecified atom stereocenters. The van der Waals surface area contributed by atoms with Crippen LogP contribution >= 0.6 is 11.6 Å². The molecular formula is C24H33ClN4O5S. The first-order chi connectivity index (χ1) is 16.7. The van der Waals surface area contributed by atoms with Crippen LogP contribution in [0.2, 0.25) is 5.02 Å². The predicted molar refractivity (Wildman–Crippen MR) is 136 cm³/mol. The lowest BCUT2D eigenvalue weighted by Crippen LogP contribution is -2.50. The maximum atomic E-state index is 13.6. The van der Waals surface area contributed by atoms with Gasteiger partial charge in [-0.25, -0.2) is 8.42 Å². The Morgan fingerprint density at radius 1 is 1.06 bits per heavy atom. The molecule has 2 fully saturated rings. The van der Waals surface area contributed by atoms with Gasteiger partial charge in [0.15, 0.2) is 0 Å². The predicted octanol–water partition coefficient (Wildman–Crippen LogP) is 3.08. The number of nitrogens with zero attached hydrogens (tertiary/aromatic N) is 4. The molecule has 0 atom stereocenters. The van der Waals surface area contributed by atoms with Gasteiger partial charge in [0.2, 0.25) is 15.8 Å². The molecule has 0 bridgehead atoms. The van der Waals surface area contributed by atoms with Gasteiger partial charge in [0.1, 0.15) is 5.69 Å². The van der Waals surface area contributed by atoms with E-state index in [9.17, 15) is 13.2 Å². The highest BCUT2D eigenvalue weighted by atomic mass is 35.5. The van der Waals surface area contributed by atoms with Crippen LogP contribution in [0.1, 0.15) is 39.5 Å². The Kier molecular flexibility index (Phi) is 8.05. The zero-order chi connectivity index (χ0) is 25.2. The summed E-state index contributed by atoms with van der Waals surface area (Å²) in [5.74, 6) is 0.237. The Hall–Kier alpha value is -2.14. The summed E-state index contributed by atoms with van der Waals surface area (Å²) < 4.78 is 39.8. The molecule has 192 valence electrons. The van der Waals surface area contributed by atoms with Crippen molar-refractivity contribution in [2.45, 2.75) is 57.0 Å². The van der Waals surface area contributed by atoms with Crippen molar-refractivity contribution in [2.75, 3.05) is 38.2 Å². The van der Waals surface area contributed by atoms with E-state index >= 15 is 0 Å². The van der Waals surface area contributed by atoms with Gasteiger partial charge < -0.3 is 14.4 Å². The number of sulfonamides is 1. The molecular weight excluding hydrogens is 492 g/mol. The third-order valence-corrected chi connectivity index (χ3v) is 9.25. The molecule has 0 amide bonds. The summed E-state index contributed by atoms with van der Waals surface area (Å²) in [5, 5.41) is 4.44. The summed E-state index contributed by atoms with van der Waals surface area (Å²) in [6.07, 6.45) is 5.06. The molecule has 1 aromatic carbocycles. The molecule has 1 aliphatic heterocycles. The van der Waals surface area contributed by atoms with Crippen LogP contribution in [0.25, 0.3) is 5.69 Å². The summed E-state index contributed by atoms with van der Waals surface area (Å²) in [4.78, 5) is 15.6. The van der Waals surface area contributed by atoms with Crippen molar-refractivity contribution >= 4 is 27.3 Å². The average Bonchev–Trinajstić information content (AvgIpc) is 2.85. The molecule has 1 saturated carbocycles. The van der Waals surface area contributed by atoms with E-state index in [-0.39, 0.29) is 23.5 Å². The number of rotatable bonds is 7. The van der Waals surface area contributed by atoms with E-state index in [0.717, 1.165) is 25.7 Å². The molecule has 1 saturated heterocycles. The molecule has 0 N–H and O–H groups in total. The van der Waals surface area contributed by atoms with Crippen molar-refractivity contribution < 1.29 is 17.9 Å². The number of anilines is 1. The van der Waals surface area contributed by atoms with Gasteiger partial charge in [-0.15, -0.1) is 0 Å². The quantitative estimate of drug-likeness (QED) is 0.549. The van der Waals surface area contributed by atoms with E-state index in [0.29, 0.717) is 42.6 Å². The number of halogens is 1. The molecule has 0 spiro atoms. The number of aromatic nitrogens is 2. The van der Waals surface area contributed by atoms with E-state index in [1.165, 1.54) is 8.99 Å². The summed E-state index contributed by atoms with van der Waals surface area (Å²) >= 11 is 6.15. The minimum Gasteiger partial charge on any atom is -0.483 e. The van der Waals surface area contributed by atoms with Gasteiger partial charge in [0.05, 0.1) is 29.3 Å². The first-order valence-corrected chi connectivity index (χ1v) is 13.9. The van der Waals surface area contributed by atoms with Gasteiger partial charge in [-0.3, -0.25) is 4.79 Å². The van der Waals surface area contributed by atoms with Crippen LogP contribution in [0.4, 0.5) is 5.69 Å². The lowest BCUT2D eigenvalue weighted by molar-refractivity contribution is 0.0323. The number of ether oxygens (including phenoxy) is 2. The lowest BCUT2D eigenvalue weighted by Gasteiger charge is -2.37. The SMILES string of the molecule is COC1CCC(Oc2c(N3CCN(S(=O)(=O)C(C)C)CC3)cnn(-c3cccc(Cl)c3)c2=O)CC1. The van der Waals surface area contributed by atoms with Crippen molar-refractivity contribution in [1.82, 2.24) is 14.1 Å². The molecule has 2 heterocycles. The topological polar surface area (TPSA) is 94.0 Å². The molecule has 1 aliphatic carbocycles. The second-order valence-corrected chi connectivity index (χ2v) is 12.2. The molecule has 4 rings (SSSR count). The average molecular weight is 525 g/mol. The number of piperazine rings is 1. The van der Waals surface area contributed by atoms with Crippen LogP contribution in [0.15, 0.2) is 35.3 Å². The fourth-order valence-corrected chi connectivity index (χ4v) is 6.04. The molecule has 35 heavy (non-hydrogen) atoms. The van der Waals surface area contributed by atoms with Crippen molar-refractivity contribution in [2.24, 2.45) is 0 Å². The standard InChI is InChI=1S/C24H33ClN4O5S/c1-17(2)35(31,32)28-13-11-27(12-14-28)22-16-26-29(19-6-4-5-18(25)15-19)24(30)23(22)34-21-9-7-20(33-3)8-10-21/h4-6,15-17,20-21H,7-14H2,1-3H3. The molecule has 2 aromatic rings. The third kappa shape index (κ3) is 5.66. The Morgan fingerprint density at radius 3 is 2.31 bits per heavy atom. The van der Waals surface area contributed by atoms with E-state index in [2.05, 4.69) is 5.10 Å². The van der Waals surface area contributed by atoms with Gasteiger partial charge in [-0.1, -0.05) is 17.7 Å². The highest BCUT2D eigenvalue weighted by molar-refractivity contribution is 7.89. The second kappa shape index (κ2) is 10.9. The third-order valence-electron chi connectivity index (χ3n) is 6.74. The van der Waals surface area contributed by atoms with Crippen molar-refractivity contribution in [1.29, 1.82) is 0 Å². The number of hydrogen-bond acceptors (Lipinski definition) is 7. The largest absolute Gasteiger partial charge is 0.483 e. The van der Waals surface area contributed by atoms with Crippen LogP contribution in [-0.2, 0) is 14.8 Å². The molecule has 2 aliphatic rings. The summed E-state index contributed by atoms with van der Waals surface area (Å²) in [7, 11) is -1.61. The summed E-state index contributed by atoms with van der Waals surface area (Å²) in [6, 6.07) is 6.95. The molecule has 9 nitrogen and oxygen atoms in total.